The molecule has 0 aromatic carbocycles. The Balaban J connectivity index is 2.10. The first-order valence-corrected chi connectivity index (χ1v) is 5.72. The van der Waals surface area contributed by atoms with Crippen molar-refractivity contribution in [3.8, 4) is 17.3 Å². The van der Waals surface area contributed by atoms with Gasteiger partial charge in [0.2, 0.25) is 5.95 Å². The lowest BCUT2D eigenvalue weighted by molar-refractivity contribution is 0.112. The zero-order chi connectivity index (χ0) is 13.9. The molecule has 7 heteroatoms. The van der Waals surface area contributed by atoms with Crippen LogP contribution in [0.25, 0.3) is 17.3 Å². The van der Waals surface area contributed by atoms with Crippen LogP contribution in [0.5, 0.6) is 0 Å². The summed E-state index contributed by atoms with van der Waals surface area (Å²) >= 11 is 0. The summed E-state index contributed by atoms with van der Waals surface area (Å²) in [7, 11) is 0. The molecule has 98 valence electrons. The Morgan fingerprint density at radius 1 is 1.15 bits per heavy atom. The van der Waals surface area contributed by atoms with Crippen LogP contribution in [0.2, 0.25) is 0 Å². The summed E-state index contributed by atoms with van der Waals surface area (Å²) in [6.45, 7) is 0. The van der Waals surface area contributed by atoms with Gasteiger partial charge < -0.3 is 0 Å². The van der Waals surface area contributed by atoms with Gasteiger partial charge >= 0.3 is 0 Å². The predicted molar refractivity (Wildman–Crippen MR) is 67.7 cm³/mol. The highest BCUT2D eigenvalue weighted by molar-refractivity contribution is 5.84. The van der Waals surface area contributed by atoms with E-state index in [-0.39, 0.29) is 0 Å². The zero-order valence-corrected chi connectivity index (χ0v) is 10.1. The van der Waals surface area contributed by atoms with Gasteiger partial charge in [-0.05, 0) is 18.2 Å². The van der Waals surface area contributed by atoms with Gasteiger partial charge in [-0.25, -0.2) is 19.0 Å². The van der Waals surface area contributed by atoms with Crippen molar-refractivity contribution < 1.29 is 9.18 Å². The number of pyridine rings is 1. The summed E-state index contributed by atoms with van der Waals surface area (Å²) in [5.74, 6) is -0.115. The second kappa shape index (κ2) is 4.96. The summed E-state index contributed by atoms with van der Waals surface area (Å²) in [5, 5.41) is 4.23. The SMILES string of the molecule is O=Cc1cn(-c2ncccn2)nc1-c1ccc(F)cn1. The molecule has 0 aliphatic rings. The fourth-order valence-corrected chi connectivity index (χ4v) is 1.70. The molecule has 0 bridgehead atoms. The highest BCUT2D eigenvalue weighted by atomic mass is 19.1. The summed E-state index contributed by atoms with van der Waals surface area (Å²) in [6.07, 6.45) is 6.37. The molecule has 20 heavy (non-hydrogen) atoms. The molecule has 0 amide bonds. The second-order valence-electron chi connectivity index (χ2n) is 3.91. The van der Waals surface area contributed by atoms with Crippen LogP contribution in [-0.2, 0) is 0 Å². The predicted octanol–water partition coefficient (Wildman–Crippen LogP) is 1.68. The summed E-state index contributed by atoms with van der Waals surface area (Å²) in [6, 6.07) is 4.39. The normalized spacial score (nSPS) is 10.4. The van der Waals surface area contributed by atoms with E-state index in [1.54, 1.807) is 18.5 Å². The lowest BCUT2D eigenvalue weighted by Crippen LogP contribution is -2.00. The van der Waals surface area contributed by atoms with Crippen LogP contribution < -0.4 is 0 Å². The molecular weight excluding hydrogens is 261 g/mol. The van der Waals surface area contributed by atoms with Crippen molar-refractivity contribution in [2.75, 3.05) is 0 Å². The first-order valence-electron chi connectivity index (χ1n) is 5.72. The number of hydrogen-bond donors (Lipinski definition) is 0. The van der Waals surface area contributed by atoms with Gasteiger partial charge in [0.15, 0.2) is 6.29 Å². The topological polar surface area (TPSA) is 73.6 Å². The third-order valence-electron chi connectivity index (χ3n) is 2.60. The molecule has 0 N–H and O–H groups in total. The summed E-state index contributed by atoms with van der Waals surface area (Å²) < 4.78 is 14.3. The molecule has 0 fully saturated rings. The van der Waals surface area contributed by atoms with E-state index < -0.39 is 5.82 Å². The Hall–Kier alpha value is -2.96. The van der Waals surface area contributed by atoms with Crippen molar-refractivity contribution in [3.63, 3.8) is 0 Å². The largest absolute Gasteiger partial charge is 0.298 e. The number of nitrogens with zero attached hydrogens (tertiary/aromatic N) is 5. The van der Waals surface area contributed by atoms with E-state index in [1.807, 2.05) is 0 Å². The van der Waals surface area contributed by atoms with Crippen molar-refractivity contribution >= 4 is 6.29 Å². The summed E-state index contributed by atoms with van der Waals surface area (Å²) in [5.41, 5.74) is 1.09. The third-order valence-corrected chi connectivity index (χ3v) is 2.60. The van der Waals surface area contributed by atoms with E-state index in [1.165, 1.54) is 23.0 Å². The number of hydrogen-bond acceptors (Lipinski definition) is 5. The molecule has 3 heterocycles. The van der Waals surface area contributed by atoms with Crippen LogP contribution in [0.4, 0.5) is 4.39 Å². The smallest absolute Gasteiger partial charge is 0.250 e. The number of halogens is 1. The average molecular weight is 269 g/mol. The first kappa shape index (κ1) is 12.1. The number of rotatable bonds is 3. The molecule has 3 aromatic heterocycles. The molecule has 0 saturated heterocycles. The fraction of sp³-hybridized carbons (Fsp3) is 0. The van der Waals surface area contributed by atoms with Gasteiger partial charge in [0.05, 0.1) is 17.5 Å². The number of carbonyl (C=O) groups excluding carboxylic acids is 1. The van der Waals surface area contributed by atoms with Gasteiger partial charge in [0.1, 0.15) is 11.5 Å². The minimum absolute atomic E-state index is 0.330. The quantitative estimate of drug-likeness (QED) is 0.676. The van der Waals surface area contributed by atoms with Gasteiger partial charge in [-0.1, -0.05) is 0 Å². The number of aldehydes is 1. The highest BCUT2D eigenvalue weighted by Crippen LogP contribution is 2.19. The van der Waals surface area contributed by atoms with Crippen LogP contribution >= 0.6 is 0 Å². The van der Waals surface area contributed by atoms with Crippen LogP contribution in [0.15, 0.2) is 43.0 Å². The van der Waals surface area contributed by atoms with Crippen LogP contribution in [-0.4, -0.2) is 31.0 Å². The highest BCUT2D eigenvalue weighted by Gasteiger charge is 2.13. The fourth-order valence-electron chi connectivity index (χ4n) is 1.70. The van der Waals surface area contributed by atoms with Crippen molar-refractivity contribution in [2.45, 2.75) is 0 Å². The Labute approximate surface area is 113 Å². The number of aromatic nitrogens is 5. The zero-order valence-electron chi connectivity index (χ0n) is 10.1. The lowest BCUT2D eigenvalue weighted by Gasteiger charge is -1.98. The van der Waals surface area contributed by atoms with Gasteiger partial charge in [0.25, 0.3) is 0 Å². The molecule has 0 unspecified atom stereocenters. The Kier molecular flexibility index (Phi) is 3.00. The maximum Gasteiger partial charge on any atom is 0.250 e. The maximum absolute atomic E-state index is 12.9. The molecular formula is C13H8FN5O. The Morgan fingerprint density at radius 2 is 1.95 bits per heavy atom. The Morgan fingerprint density at radius 3 is 2.60 bits per heavy atom. The molecule has 3 aromatic rings. The standard InChI is InChI=1S/C13H8FN5O/c14-10-2-3-11(17-6-10)12-9(8-20)7-19(18-12)13-15-4-1-5-16-13/h1-8H. The average Bonchev–Trinajstić information content (AvgIpc) is 2.93. The van der Waals surface area contributed by atoms with Gasteiger partial charge in [-0.3, -0.25) is 9.78 Å². The molecule has 6 nitrogen and oxygen atoms in total. The van der Waals surface area contributed by atoms with Crippen molar-refractivity contribution in [2.24, 2.45) is 0 Å². The second-order valence-corrected chi connectivity index (χ2v) is 3.91. The third kappa shape index (κ3) is 2.16. The molecule has 0 saturated carbocycles. The van der Waals surface area contributed by atoms with E-state index in [9.17, 15) is 9.18 Å². The summed E-state index contributed by atoms with van der Waals surface area (Å²) in [4.78, 5) is 23.1. The monoisotopic (exact) mass is 269 g/mol. The molecule has 0 aliphatic carbocycles. The van der Waals surface area contributed by atoms with E-state index in [0.29, 0.717) is 29.2 Å². The maximum atomic E-state index is 12.9. The number of carbonyl (C=O) groups is 1. The van der Waals surface area contributed by atoms with E-state index in [0.717, 1.165) is 6.20 Å². The van der Waals surface area contributed by atoms with Crippen molar-refractivity contribution in [1.29, 1.82) is 0 Å². The molecule has 0 radical (unpaired) electrons. The van der Waals surface area contributed by atoms with Crippen molar-refractivity contribution in [3.05, 3.63) is 54.4 Å². The molecule has 3 rings (SSSR count). The van der Waals surface area contributed by atoms with E-state index in [2.05, 4.69) is 20.1 Å². The molecule has 0 aliphatic heterocycles. The van der Waals surface area contributed by atoms with Gasteiger partial charge in [-0.15, -0.1) is 0 Å². The van der Waals surface area contributed by atoms with E-state index >= 15 is 0 Å². The Bertz CT molecular complexity index is 739. The minimum Gasteiger partial charge on any atom is -0.298 e. The van der Waals surface area contributed by atoms with Crippen LogP contribution in [0.1, 0.15) is 10.4 Å². The van der Waals surface area contributed by atoms with Crippen LogP contribution in [0.3, 0.4) is 0 Å². The van der Waals surface area contributed by atoms with Gasteiger partial charge in [0, 0.05) is 18.6 Å². The van der Waals surface area contributed by atoms with Crippen molar-refractivity contribution in [1.82, 2.24) is 24.7 Å². The van der Waals surface area contributed by atoms with Crippen LogP contribution in [0, 0.1) is 5.82 Å². The minimum atomic E-state index is -0.452. The lowest BCUT2D eigenvalue weighted by atomic mass is 10.2. The van der Waals surface area contributed by atoms with E-state index in [4.69, 9.17) is 0 Å². The molecule has 0 atom stereocenters. The van der Waals surface area contributed by atoms with Gasteiger partial charge in [-0.2, -0.15) is 5.10 Å². The first-order chi connectivity index (χ1) is 9.78. The molecule has 0 spiro atoms.